The monoisotopic (exact) mass is 285 g/mol. The Labute approximate surface area is 122 Å². The molecule has 2 rings (SSSR count). The van der Waals surface area contributed by atoms with Crippen LogP contribution in [0.25, 0.3) is 0 Å². The highest BCUT2D eigenvalue weighted by Gasteiger charge is 2.10. The topological polar surface area (TPSA) is 88.2 Å². The quantitative estimate of drug-likeness (QED) is 0.807. The van der Waals surface area contributed by atoms with E-state index in [-0.39, 0.29) is 12.5 Å². The molecule has 21 heavy (non-hydrogen) atoms. The molecule has 108 valence electrons. The normalized spacial score (nSPS) is 9.81. The molecule has 0 radical (unpaired) electrons. The zero-order valence-electron chi connectivity index (χ0n) is 11.6. The molecule has 0 aliphatic heterocycles. The van der Waals surface area contributed by atoms with Crippen LogP contribution in [0.4, 0.5) is 0 Å². The predicted octanol–water partition coefficient (Wildman–Crippen LogP) is 0.694. The molecule has 1 heterocycles. The molecule has 0 aliphatic carbocycles. The van der Waals surface area contributed by atoms with Gasteiger partial charge in [0.2, 0.25) is 6.39 Å². The van der Waals surface area contributed by atoms with Crippen molar-refractivity contribution in [2.24, 2.45) is 0 Å². The van der Waals surface area contributed by atoms with Crippen LogP contribution < -0.4 is 5.32 Å². The van der Waals surface area contributed by atoms with Gasteiger partial charge in [-0.1, -0.05) is 28.6 Å². The minimum atomic E-state index is -0.243. The number of hydrogen-bond donors (Lipinski definition) is 2. The summed E-state index contributed by atoms with van der Waals surface area (Å²) in [5, 5.41) is 15.2. The molecule has 0 bridgehead atoms. The molecule has 6 heteroatoms. The SMILES string of the molecule is Cc1ccc(C#CCO)c(C(=O)NCCc2ncon2)c1. The van der Waals surface area contributed by atoms with E-state index in [4.69, 9.17) is 5.11 Å². The lowest BCUT2D eigenvalue weighted by atomic mass is 10.0. The first-order valence-electron chi connectivity index (χ1n) is 6.44. The largest absolute Gasteiger partial charge is 0.384 e. The zero-order chi connectivity index (χ0) is 15.1. The number of nitrogens with one attached hydrogen (secondary N) is 1. The van der Waals surface area contributed by atoms with Crippen LogP contribution in [0, 0.1) is 18.8 Å². The maximum Gasteiger partial charge on any atom is 0.252 e. The molecule has 0 spiro atoms. The molecule has 1 amide bonds. The molecule has 0 saturated carbocycles. The van der Waals surface area contributed by atoms with E-state index in [9.17, 15) is 4.79 Å². The molecular weight excluding hydrogens is 270 g/mol. The molecule has 1 aromatic carbocycles. The van der Waals surface area contributed by atoms with Gasteiger partial charge in [0.05, 0.1) is 5.56 Å². The number of aryl methyl sites for hydroxylation is 1. The van der Waals surface area contributed by atoms with Crippen molar-refractivity contribution in [1.82, 2.24) is 15.5 Å². The molecule has 0 atom stereocenters. The van der Waals surface area contributed by atoms with E-state index in [1.165, 1.54) is 6.39 Å². The van der Waals surface area contributed by atoms with Crippen LogP contribution in [-0.4, -0.2) is 34.3 Å². The van der Waals surface area contributed by atoms with Crippen molar-refractivity contribution < 1.29 is 14.4 Å². The van der Waals surface area contributed by atoms with Crippen molar-refractivity contribution in [2.45, 2.75) is 13.3 Å². The maximum absolute atomic E-state index is 12.2. The second-order valence-electron chi connectivity index (χ2n) is 4.36. The van der Waals surface area contributed by atoms with Crippen LogP contribution in [0.3, 0.4) is 0 Å². The summed E-state index contributed by atoms with van der Waals surface area (Å²) in [4.78, 5) is 16.1. The van der Waals surface area contributed by atoms with E-state index < -0.39 is 0 Å². The fourth-order valence-electron chi connectivity index (χ4n) is 1.78. The number of hydrogen-bond acceptors (Lipinski definition) is 5. The van der Waals surface area contributed by atoms with Crippen molar-refractivity contribution >= 4 is 5.91 Å². The third-order valence-electron chi connectivity index (χ3n) is 2.76. The highest BCUT2D eigenvalue weighted by Crippen LogP contribution is 2.10. The molecule has 2 N–H and O–H groups in total. The first-order chi connectivity index (χ1) is 10.2. The summed E-state index contributed by atoms with van der Waals surface area (Å²) in [6.45, 7) is 2.06. The Morgan fingerprint density at radius 1 is 1.48 bits per heavy atom. The van der Waals surface area contributed by atoms with Crippen LogP contribution >= 0.6 is 0 Å². The molecule has 0 unspecified atom stereocenters. The number of carbonyl (C=O) groups excluding carboxylic acids is 1. The van der Waals surface area contributed by atoms with E-state index in [1.807, 2.05) is 13.0 Å². The third kappa shape index (κ3) is 4.16. The average molecular weight is 285 g/mol. The highest BCUT2D eigenvalue weighted by atomic mass is 16.5. The Balaban J connectivity index is 2.05. The van der Waals surface area contributed by atoms with Crippen LogP contribution in [0.15, 0.2) is 29.1 Å². The average Bonchev–Trinajstić information content (AvgIpc) is 2.99. The Hall–Kier alpha value is -2.65. The molecule has 0 saturated heterocycles. The molecular formula is C15H15N3O3. The molecule has 0 aliphatic rings. The standard InChI is InChI=1S/C15H15N3O3/c1-11-4-5-12(3-2-8-19)13(9-11)15(20)16-7-6-14-17-10-21-18-14/h4-5,9-10,19H,6-8H2,1H3,(H,16,20). The Morgan fingerprint density at radius 3 is 3.05 bits per heavy atom. The Kier molecular flexibility index (Phi) is 5.07. The smallest absolute Gasteiger partial charge is 0.252 e. The lowest BCUT2D eigenvalue weighted by Crippen LogP contribution is -2.26. The third-order valence-corrected chi connectivity index (χ3v) is 2.76. The minimum Gasteiger partial charge on any atom is -0.384 e. The van der Waals surface area contributed by atoms with Crippen molar-refractivity contribution in [1.29, 1.82) is 0 Å². The number of carbonyl (C=O) groups is 1. The van der Waals surface area contributed by atoms with Crippen LogP contribution in [0.1, 0.15) is 27.3 Å². The summed E-state index contributed by atoms with van der Waals surface area (Å²) in [5.74, 6) is 5.65. The van der Waals surface area contributed by atoms with Gasteiger partial charge in [-0.3, -0.25) is 4.79 Å². The number of benzene rings is 1. The Morgan fingerprint density at radius 2 is 2.33 bits per heavy atom. The maximum atomic E-state index is 12.2. The molecule has 0 fully saturated rings. The zero-order valence-corrected chi connectivity index (χ0v) is 11.6. The fraction of sp³-hybridized carbons (Fsp3) is 0.267. The fourth-order valence-corrected chi connectivity index (χ4v) is 1.78. The number of aliphatic hydroxyl groups excluding tert-OH is 1. The van der Waals surface area contributed by atoms with Crippen molar-refractivity contribution in [2.75, 3.05) is 13.2 Å². The van der Waals surface area contributed by atoms with Gasteiger partial charge in [0, 0.05) is 18.5 Å². The van der Waals surface area contributed by atoms with E-state index in [1.54, 1.807) is 12.1 Å². The van der Waals surface area contributed by atoms with Gasteiger partial charge >= 0.3 is 0 Å². The summed E-state index contributed by atoms with van der Waals surface area (Å²) in [6.07, 6.45) is 1.74. The van der Waals surface area contributed by atoms with E-state index in [0.717, 1.165) is 5.56 Å². The minimum absolute atomic E-state index is 0.218. The second kappa shape index (κ2) is 7.22. The van der Waals surface area contributed by atoms with E-state index in [0.29, 0.717) is 29.9 Å². The lowest BCUT2D eigenvalue weighted by Gasteiger charge is -2.07. The van der Waals surface area contributed by atoms with Gasteiger partial charge in [-0.25, -0.2) is 0 Å². The van der Waals surface area contributed by atoms with Gasteiger partial charge in [-0.15, -0.1) is 0 Å². The van der Waals surface area contributed by atoms with Gasteiger partial charge in [0.15, 0.2) is 5.82 Å². The van der Waals surface area contributed by atoms with E-state index >= 15 is 0 Å². The number of rotatable bonds is 4. The first kappa shape index (κ1) is 14.8. The lowest BCUT2D eigenvalue weighted by molar-refractivity contribution is 0.0953. The highest BCUT2D eigenvalue weighted by molar-refractivity contribution is 5.96. The number of nitrogens with zero attached hydrogens (tertiary/aromatic N) is 2. The van der Waals surface area contributed by atoms with E-state index in [2.05, 4.69) is 31.8 Å². The summed E-state index contributed by atoms with van der Waals surface area (Å²) < 4.78 is 4.62. The van der Waals surface area contributed by atoms with Gasteiger partial charge in [0.1, 0.15) is 6.61 Å². The number of aliphatic hydroxyl groups is 1. The van der Waals surface area contributed by atoms with Crippen LogP contribution in [0.2, 0.25) is 0 Å². The Bertz CT molecular complexity index is 669. The second-order valence-corrected chi connectivity index (χ2v) is 4.36. The first-order valence-corrected chi connectivity index (χ1v) is 6.44. The van der Waals surface area contributed by atoms with Crippen molar-refractivity contribution in [3.05, 3.63) is 47.1 Å². The molecule has 6 nitrogen and oxygen atoms in total. The van der Waals surface area contributed by atoms with Gasteiger partial charge < -0.3 is 14.9 Å². The summed E-state index contributed by atoms with van der Waals surface area (Å²) in [6, 6.07) is 5.41. The molecule has 2 aromatic rings. The van der Waals surface area contributed by atoms with Gasteiger partial charge in [-0.2, -0.15) is 4.98 Å². The summed E-state index contributed by atoms with van der Waals surface area (Å²) >= 11 is 0. The van der Waals surface area contributed by atoms with Gasteiger partial charge in [-0.05, 0) is 19.1 Å². The summed E-state index contributed by atoms with van der Waals surface area (Å²) in [5.41, 5.74) is 2.05. The molecule has 1 aromatic heterocycles. The predicted molar refractivity (Wildman–Crippen MR) is 75.5 cm³/mol. The number of amides is 1. The summed E-state index contributed by atoms with van der Waals surface area (Å²) in [7, 11) is 0. The van der Waals surface area contributed by atoms with Crippen molar-refractivity contribution in [3.63, 3.8) is 0 Å². The van der Waals surface area contributed by atoms with Crippen LogP contribution in [-0.2, 0) is 6.42 Å². The van der Waals surface area contributed by atoms with Crippen LogP contribution in [0.5, 0.6) is 0 Å². The van der Waals surface area contributed by atoms with Crippen molar-refractivity contribution in [3.8, 4) is 11.8 Å². The number of aromatic nitrogens is 2. The van der Waals surface area contributed by atoms with Gasteiger partial charge in [0.25, 0.3) is 5.91 Å².